The highest BCUT2D eigenvalue weighted by Crippen LogP contribution is 2.31. The zero-order valence-corrected chi connectivity index (χ0v) is 11.6. The molecular formula is C11H13BrClFN2O. The fraction of sp³-hybridized carbons (Fsp3) is 0.364. The first kappa shape index (κ1) is 14.4. The molecule has 0 aliphatic carbocycles. The van der Waals surface area contributed by atoms with Gasteiger partial charge in [-0.05, 0) is 34.5 Å². The van der Waals surface area contributed by atoms with Crippen molar-refractivity contribution in [2.75, 3.05) is 5.32 Å². The number of anilines is 1. The molecule has 17 heavy (non-hydrogen) atoms. The highest BCUT2D eigenvalue weighted by atomic mass is 79.9. The first-order valence-electron chi connectivity index (χ1n) is 5.16. The van der Waals surface area contributed by atoms with Gasteiger partial charge >= 0.3 is 0 Å². The van der Waals surface area contributed by atoms with E-state index in [-0.39, 0.29) is 10.9 Å². The van der Waals surface area contributed by atoms with Crippen LogP contribution in [0.3, 0.4) is 0 Å². The quantitative estimate of drug-likeness (QED) is 0.893. The second-order valence-electron chi connectivity index (χ2n) is 3.63. The van der Waals surface area contributed by atoms with Gasteiger partial charge in [0, 0.05) is 4.47 Å². The number of hydrogen-bond acceptors (Lipinski definition) is 2. The van der Waals surface area contributed by atoms with Crippen molar-refractivity contribution >= 4 is 39.1 Å². The molecule has 0 heterocycles. The van der Waals surface area contributed by atoms with Crippen LogP contribution < -0.4 is 11.1 Å². The number of carbonyl (C=O) groups is 1. The Kier molecular flexibility index (Phi) is 5.36. The highest BCUT2D eigenvalue weighted by Gasteiger charge is 2.16. The van der Waals surface area contributed by atoms with Crippen LogP contribution in [0.25, 0.3) is 0 Å². The Labute approximate surface area is 113 Å². The minimum Gasteiger partial charge on any atom is -0.322 e. The normalized spacial score (nSPS) is 12.3. The van der Waals surface area contributed by atoms with Crippen LogP contribution in [0.2, 0.25) is 5.02 Å². The summed E-state index contributed by atoms with van der Waals surface area (Å²) in [5.74, 6) is -0.807. The largest absolute Gasteiger partial charge is 0.322 e. The standard InChI is InChI=1S/C11H13BrClFN2O/c1-2-3-9(15)11(17)16-10-7(12)4-6(14)5-8(10)13/h4-5,9H,2-3,15H2,1H3,(H,16,17)/t9-/m1/s1. The minimum absolute atomic E-state index is 0.133. The van der Waals surface area contributed by atoms with Gasteiger partial charge in [0.2, 0.25) is 5.91 Å². The third kappa shape index (κ3) is 3.94. The molecule has 0 spiro atoms. The molecule has 6 heteroatoms. The Morgan fingerprint density at radius 1 is 1.65 bits per heavy atom. The predicted octanol–water partition coefficient (Wildman–Crippen LogP) is 3.31. The first-order chi connectivity index (χ1) is 7.95. The van der Waals surface area contributed by atoms with E-state index in [2.05, 4.69) is 21.2 Å². The van der Waals surface area contributed by atoms with Gasteiger partial charge < -0.3 is 11.1 Å². The van der Waals surface area contributed by atoms with Crippen molar-refractivity contribution < 1.29 is 9.18 Å². The van der Waals surface area contributed by atoms with E-state index in [1.165, 1.54) is 6.07 Å². The van der Waals surface area contributed by atoms with Crippen molar-refractivity contribution in [3.05, 3.63) is 27.4 Å². The summed E-state index contributed by atoms with van der Waals surface area (Å²) in [6.45, 7) is 1.94. The summed E-state index contributed by atoms with van der Waals surface area (Å²) in [5.41, 5.74) is 6.00. The van der Waals surface area contributed by atoms with Crippen LogP contribution in [0, 0.1) is 5.82 Å². The molecule has 1 rings (SSSR count). The number of amides is 1. The highest BCUT2D eigenvalue weighted by molar-refractivity contribution is 9.10. The predicted molar refractivity (Wildman–Crippen MR) is 70.6 cm³/mol. The Morgan fingerprint density at radius 3 is 2.82 bits per heavy atom. The van der Waals surface area contributed by atoms with Crippen LogP contribution in [-0.2, 0) is 4.79 Å². The lowest BCUT2D eigenvalue weighted by molar-refractivity contribution is -0.117. The number of nitrogens with one attached hydrogen (secondary N) is 1. The Bertz CT molecular complexity index is 405. The van der Waals surface area contributed by atoms with Crippen molar-refractivity contribution in [3.8, 4) is 0 Å². The third-order valence-corrected chi connectivity index (χ3v) is 3.12. The summed E-state index contributed by atoms with van der Waals surface area (Å²) in [4.78, 5) is 11.7. The van der Waals surface area contributed by atoms with E-state index < -0.39 is 11.9 Å². The number of carbonyl (C=O) groups excluding carboxylic acids is 1. The van der Waals surface area contributed by atoms with Crippen LogP contribution in [-0.4, -0.2) is 11.9 Å². The smallest absolute Gasteiger partial charge is 0.241 e. The number of halogens is 3. The van der Waals surface area contributed by atoms with E-state index in [9.17, 15) is 9.18 Å². The number of benzene rings is 1. The number of hydrogen-bond donors (Lipinski definition) is 2. The van der Waals surface area contributed by atoms with Crippen molar-refractivity contribution in [3.63, 3.8) is 0 Å². The molecule has 0 radical (unpaired) electrons. The molecule has 3 nitrogen and oxygen atoms in total. The molecule has 1 aromatic carbocycles. The van der Waals surface area contributed by atoms with E-state index in [4.69, 9.17) is 17.3 Å². The van der Waals surface area contributed by atoms with Gasteiger partial charge in [-0.1, -0.05) is 24.9 Å². The number of nitrogens with two attached hydrogens (primary N) is 1. The van der Waals surface area contributed by atoms with Crippen molar-refractivity contribution in [1.29, 1.82) is 0 Å². The summed E-state index contributed by atoms with van der Waals surface area (Å²) in [7, 11) is 0. The topological polar surface area (TPSA) is 55.1 Å². The summed E-state index contributed by atoms with van der Waals surface area (Å²) < 4.78 is 13.4. The Balaban J connectivity index is 2.85. The van der Waals surface area contributed by atoms with Gasteiger partial charge in [0.25, 0.3) is 0 Å². The van der Waals surface area contributed by atoms with Gasteiger partial charge in [-0.15, -0.1) is 0 Å². The van der Waals surface area contributed by atoms with E-state index in [1.54, 1.807) is 0 Å². The molecule has 0 unspecified atom stereocenters. The number of rotatable bonds is 4. The van der Waals surface area contributed by atoms with Gasteiger partial charge in [0.05, 0.1) is 16.8 Å². The molecule has 0 saturated carbocycles. The molecule has 1 atom stereocenters. The lowest BCUT2D eigenvalue weighted by Crippen LogP contribution is -2.35. The second kappa shape index (κ2) is 6.33. The zero-order valence-electron chi connectivity index (χ0n) is 9.27. The van der Waals surface area contributed by atoms with E-state index in [1.807, 2.05) is 6.92 Å². The Morgan fingerprint density at radius 2 is 2.29 bits per heavy atom. The average Bonchev–Trinajstić information content (AvgIpc) is 2.23. The molecular weight excluding hydrogens is 310 g/mol. The summed E-state index contributed by atoms with van der Waals surface area (Å²) in [5, 5.41) is 2.71. The van der Waals surface area contributed by atoms with Crippen LogP contribution in [0.5, 0.6) is 0 Å². The minimum atomic E-state index is -0.590. The SMILES string of the molecule is CCC[C@@H](N)C(=O)Nc1c(Cl)cc(F)cc1Br. The van der Waals surface area contributed by atoms with Crippen LogP contribution in [0.15, 0.2) is 16.6 Å². The van der Waals surface area contributed by atoms with Gasteiger partial charge in [-0.2, -0.15) is 0 Å². The summed E-state index contributed by atoms with van der Waals surface area (Å²) in [6, 6.07) is 1.77. The molecule has 1 aromatic rings. The van der Waals surface area contributed by atoms with E-state index in [0.717, 1.165) is 12.5 Å². The third-order valence-electron chi connectivity index (χ3n) is 2.19. The molecule has 0 aliphatic heterocycles. The maximum Gasteiger partial charge on any atom is 0.241 e. The maximum absolute atomic E-state index is 13.0. The van der Waals surface area contributed by atoms with Gasteiger partial charge in [-0.3, -0.25) is 4.79 Å². The monoisotopic (exact) mass is 322 g/mol. The second-order valence-corrected chi connectivity index (χ2v) is 4.89. The Hall–Kier alpha value is -0.650. The van der Waals surface area contributed by atoms with Gasteiger partial charge in [-0.25, -0.2) is 4.39 Å². The van der Waals surface area contributed by atoms with Gasteiger partial charge in [0.1, 0.15) is 5.82 Å². The van der Waals surface area contributed by atoms with Crippen molar-refractivity contribution in [2.24, 2.45) is 5.73 Å². The fourth-order valence-electron chi connectivity index (χ4n) is 1.32. The molecule has 1 amide bonds. The lowest BCUT2D eigenvalue weighted by Gasteiger charge is -2.13. The molecule has 0 aromatic heterocycles. The lowest BCUT2D eigenvalue weighted by atomic mass is 10.1. The summed E-state index contributed by atoms with van der Waals surface area (Å²) in [6.07, 6.45) is 1.40. The van der Waals surface area contributed by atoms with Crippen LogP contribution >= 0.6 is 27.5 Å². The molecule has 0 saturated heterocycles. The first-order valence-corrected chi connectivity index (χ1v) is 6.33. The molecule has 3 N–H and O–H groups in total. The van der Waals surface area contributed by atoms with Crippen LogP contribution in [0.4, 0.5) is 10.1 Å². The average molecular weight is 324 g/mol. The molecule has 94 valence electrons. The summed E-state index contributed by atoms with van der Waals surface area (Å²) >= 11 is 8.97. The zero-order chi connectivity index (χ0) is 13.0. The molecule has 0 aliphatic rings. The van der Waals surface area contributed by atoms with Crippen molar-refractivity contribution in [2.45, 2.75) is 25.8 Å². The fourth-order valence-corrected chi connectivity index (χ4v) is 2.22. The molecule has 0 fully saturated rings. The van der Waals surface area contributed by atoms with Crippen LogP contribution in [0.1, 0.15) is 19.8 Å². The maximum atomic E-state index is 13.0. The molecule has 0 bridgehead atoms. The van der Waals surface area contributed by atoms with E-state index >= 15 is 0 Å². The van der Waals surface area contributed by atoms with Crippen molar-refractivity contribution in [1.82, 2.24) is 0 Å². The van der Waals surface area contributed by atoms with Gasteiger partial charge in [0.15, 0.2) is 0 Å². The van der Waals surface area contributed by atoms with E-state index in [0.29, 0.717) is 16.6 Å².